The van der Waals surface area contributed by atoms with Crippen molar-refractivity contribution in [1.82, 2.24) is 15.5 Å². The first-order valence-electron chi connectivity index (χ1n) is 6.60. The number of nitrogen functional groups attached to an aromatic ring is 1. The van der Waals surface area contributed by atoms with Crippen LogP contribution >= 0.6 is 0 Å². The Kier molecular flexibility index (Phi) is 3.59. The van der Waals surface area contributed by atoms with Crippen LogP contribution in [0.5, 0.6) is 0 Å². The van der Waals surface area contributed by atoms with Gasteiger partial charge in [0.15, 0.2) is 5.82 Å². The second-order valence-electron chi connectivity index (χ2n) is 5.66. The van der Waals surface area contributed by atoms with E-state index in [0.717, 1.165) is 12.2 Å². The molecule has 18 heavy (non-hydrogen) atoms. The zero-order valence-corrected chi connectivity index (χ0v) is 11.2. The van der Waals surface area contributed by atoms with Crippen molar-refractivity contribution in [2.24, 2.45) is 5.41 Å². The lowest BCUT2D eigenvalue weighted by Crippen LogP contribution is -2.37. The smallest absolute Gasteiger partial charge is 0.256 e. The Morgan fingerprint density at radius 2 is 2.11 bits per heavy atom. The maximum atomic E-state index is 12.1. The van der Waals surface area contributed by atoms with Crippen molar-refractivity contribution < 1.29 is 4.79 Å². The van der Waals surface area contributed by atoms with Crippen LogP contribution in [0, 0.1) is 12.3 Å². The van der Waals surface area contributed by atoms with Gasteiger partial charge in [0.25, 0.3) is 5.91 Å². The van der Waals surface area contributed by atoms with Crippen LogP contribution in [-0.2, 0) is 0 Å². The maximum Gasteiger partial charge on any atom is 0.256 e. The minimum absolute atomic E-state index is 0.120. The normalized spacial score (nSPS) is 18.6. The average molecular weight is 250 g/mol. The van der Waals surface area contributed by atoms with Gasteiger partial charge in [0.1, 0.15) is 5.56 Å². The second-order valence-corrected chi connectivity index (χ2v) is 5.66. The number of nitrogens with one attached hydrogen (secondary N) is 2. The molecule has 0 atom stereocenters. The zero-order chi connectivity index (χ0) is 13.2. The van der Waals surface area contributed by atoms with Gasteiger partial charge in [-0.25, -0.2) is 0 Å². The molecule has 1 aromatic heterocycles. The van der Waals surface area contributed by atoms with Crippen molar-refractivity contribution in [1.29, 1.82) is 0 Å². The number of aryl methyl sites for hydroxylation is 1. The van der Waals surface area contributed by atoms with Gasteiger partial charge in [-0.2, -0.15) is 5.10 Å². The quantitative estimate of drug-likeness (QED) is 0.767. The van der Waals surface area contributed by atoms with Crippen LogP contribution in [0.3, 0.4) is 0 Å². The van der Waals surface area contributed by atoms with Crippen molar-refractivity contribution in [2.45, 2.75) is 46.0 Å². The van der Waals surface area contributed by atoms with Crippen molar-refractivity contribution >= 4 is 11.7 Å². The molecule has 0 saturated heterocycles. The minimum atomic E-state index is -0.120. The van der Waals surface area contributed by atoms with E-state index in [1.165, 1.54) is 32.1 Å². The van der Waals surface area contributed by atoms with Crippen molar-refractivity contribution in [3.05, 3.63) is 11.3 Å². The molecule has 4 N–H and O–H groups in total. The van der Waals surface area contributed by atoms with Gasteiger partial charge < -0.3 is 11.1 Å². The van der Waals surface area contributed by atoms with E-state index in [-0.39, 0.29) is 17.1 Å². The number of amides is 1. The molecule has 1 aliphatic carbocycles. The highest BCUT2D eigenvalue weighted by molar-refractivity contribution is 5.99. The summed E-state index contributed by atoms with van der Waals surface area (Å²) in [6.07, 6.45) is 6.22. The molecule has 0 bridgehead atoms. The summed E-state index contributed by atoms with van der Waals surface area (Å²) in [6.45, 7) is 4.77. The van der Waals surface area contributed by atoms with Crippen LogP contribution < -0.4 is 11.1 Å². The lowest BCUT2D eigenvalue weighted by atomic mass is 9.76. The molecule has 100 valence electrons. The lowest BCUT2D eigenvalue weighted by Gasteiger charge is -2.33. The first-order chi connectivity index (χ1) is 8.52. The Balaban J connectivity index is 1.96. The Labute approximate surface area is 108 Å². The van der Waals surface area contributed by atoms with Crippen molar-refractivity contribution in [3.8, 4) is 0 Å². The molecule has 0 unspecified atom stereocenters. The second kappa shape index (κ2) is 5.00. The number of H-pyrrole nitrogens is 1. The molecule has 1 fully saturated rings. The Morgan fingerprint density at radius 1 is 1.44 bits per heavy atom. The third kappa shape index (κ3) is 2.66. The number of carbonyl (C=O) groups is 1. The molecular weight excluding hydrogens is 228 g/mol. The average Bonchev–Trinajstić information content (AvgIpc) is 2.67. The molecular formula is C13H22N4O. The van der Waals surface area contributed by atoms with Gasteiger partial charge >= 0.3 is 0 Å². The Hall–Kier alpha value is -1.52. The fraction of sp³-hybridized carbons (Fsp3) is 0.692. The number of hydrogen-bond acceptors (Lipinski definition) is 3. The van der Waals surface area contributed by atoms with Gasteiger partial charge in [-0.1, -0.05) is 26.2 Å². The number of anilines is 1. The SMILES string of the molecule is Cc1[nH]nc(N)c1C(=O)NCC1(C)CCCCC1. The van der Waals surface area contributed by atoms with Gasteiger partial charge in [0.05, 0.1) is 0 Å². The first-order valence-corrected chi connectivity index (χ1v) is 6.60. The van der Waals surface area contributed by atoms with Gasteiger partial charge in [-0.3, -0.25) is 9.89 Å². The topological polar surface area (TPSA) is 83.8 Å². The fourth-order valence-electron chi connectivity index (χ4n) is 2.70. The van der Waals surface area contributed by atoms with E-state index in [0.29, 0.717) is 5.56 Å². The van der Waals surface area contributed by atoms with Crippen molar-refractivity contribution in [2.75, 3.05) is 12.3 Å². The summed E-state index contributed by atoms with van der Waals surface area (Å²) >= 11 is 0. The molecule has 1 aliphatic rings. The van der Waals surface area contributed by atoms with E-state index in [9.17, 15) is 4.79 Å². The number of aromatic amines is 1. The van der Waals surface area contributed by atoms with E-state index in [1.54, 1.807) is 6.92 Å². The van der Waals surface area contributed by atoms with E-state index < -0.39 is 0 Å². The van der Waals surface area contributed by atoms with Crippen molar-refractivity contribution in [3.63, 3.8) is 0 Å². The van der Waals surface area contributed by atoms with Gasteiger partial charge in [0, 0.05) is 12.2 Å². The Bertz CT molecular complexity index is 413. The van der Waals surface area contributed by atoms with Crippen LogP contribution in [0.1, 0.15) is 55.1 Å². The molecule has 2 rings (SSSR count). The molecule has 0 radical (unpaired) electrons. The standard InChI is InChI=1S/C13H22N4O/c1-9-10(11(14)17-16-9)12(18)15-8-13(2)6-4-3-5-7-13/h3-8H2,1-2H3,(H,15,18)(H3,14,16,17). The molecule has 1 amide bonds. The number of hydrogen-bond donors (Lipinski definition) is 3. The highest BCUT2D eigenvalue weighted by Crippen LogP contribution is 2.35. The molecule has 0 spiro atoms. The monoisotopic (exact) mass is 250 g/mol. The van der Waals surface area contributed by atoms with E-state index in [1.807, 2.05) is 0 Å². The summed E-state index contributed by atoms with van der Waals surface area (Å²) in [7, 11) is 0. The molecule has 0 aliphatic heterocycles. The summed E-state index contributed by atoms with van der Waals surface area (Å²) in [4.78, 5) is 12.1. The number of carbonyl (C=O) groups excluding carboxylic acids is 1. The van der Waals surface area contributed by atoms with Crippen LogP contribution in [0.25, 0.3) is 0 Å². The van der Waals surface area contributed by atoms with Crippen LogP contribution in [0.15, 0.2) is 0 Å². The van der Waals surface area contributed by atoms with E-state index >= 15 is 0 Å². The van der Waals surface area contributed by atoms with Crippen LogP contribution in [0.2, 0.25) is 0 Å². The number of nitrogens with two attached hydrogens (primary N) is 1. The Morgan fingerprint density at radius 3 is 2.67 bits per heavy atom. The molecule has 0 aromatic carbocycles. The maximum absolute atomic E-state index is 12.1. The zero-order valence-electron chi connectivity index (χ0n) is 11.2. The summed E-state index contributed by atoms with van der Waals surface area (Å²) in [6, 6.07) is 0. The minimum Gasteiger partial charge on any atom is -0.382 e. The molecule has 1 heterocycles. The molecule has 1 aromatic rings. The third-order valence-electron chi connectivity index (χ3n) is 3.94. The summed E-state index contributed by atoms with van der Waals surface area (Å²) in [5.41, 5.74) is 7.12. The van der Waals surface area contributed by atoms with E-state index in [4.69, 9.17) is 5.73 Å². The van der Waals surface area contributed by atoms with Gasteiger partial charge in [-0.05, 0) is 25.2 Å². The lowest BCUT2D eigenvalue weighted by molar-refractivity contribution is 0.0919. The largest absolute Gasteiger partial charge is 0.382 e. The highest BCUT2D eigenvalue weighted by Gasteiger charge is 2.28. The number of nitrogens with zero attached hydrogens (tertiary/aromatic N) is 1. The molecule has 5 heteroatoms. The first kappa shape index (κ1) is 12.9. The third-order valence-corrected chi connectivity index (χ3v) is 3.94. The summed E-state index contributed by atoms with van der Waals surface area (Å²) in [5.74, 6) is 0.157. The number of aromatic nitrogens is 2. The fourth-order valence-corrected chi connectivity index (χ4v) is 2.70. The van der Waals surface area contributed by atoms with Gasteiger partial charge in [0.2, 0.25) is 0 Å². The van der Waals surface area contributed by atoms with Crippen LogP contribution in [-0.4, -0.2) is 22.6 Å². The molecule has 1 saturated carbocycles. The summed E-state index contributed by atoms with van der Waals surface area (Å²) in [5, 5.41) is 9.57. The van der Waals surface area contributed by atoms with Gasteiger partial charge in [-0.15, -0.1) is 0 Å². The van der Waals surface area contributed by atoms with E-state index in [2.05, 4.69) is 22.4 Å². The number of rotatable bonds is 3. The summed E-state index contributed by atoms with van der Waals surface area (Å²) < 4.78 is 0. The van der Waals surface area contributed by atoms with Crippen LogP contribution in [0.4, 0.5) is 5.82 Å². The predicted molar refractivity (Wildman–Crippen MR) is 71.3 cm³/mol. The predicted octanol–water partition coefficient (Wildman–Crippen LogP) is 2.00. The molecule has 5 nitrogen and oxygen atoms in total. The highest BCUT2D eigenvalue weighted by atomic mass is 16.1.